The Morgan fingerprint density at radius 2 is 2.12 bits per heavy atom. The van der Waals surface area contributed by atoms with Gasteiger partial charge >= 0.3 is 0 Å². The van der Waals surface area contributed by atoms with Crippen LogP contribution in [-0.2, 0) is 9.59 Å². The van der Waals surface area contributed by atoms with Crippen molar-refractivity contribution in [3.63, 3.8) is 0 Å². The van der Waals surface area contributed by atoms with E-state index in [9.17, 15) is 9.59 Å². The Bertz CT molecular complexity index is 443. The van der Waals surface area contributed by atoms with Crippen LogP contribution in [0.4, 0.5) is 5.69 Å². The lowest BCUT2D eigenvalue weighted by molar-refractivity contribution is -0.119. The van der Waals surface area contributed by atoms with Gasteiger partial charge in [-0.1, -0.05) is 24.2 Å². The molecule has 2 amide bonds. The van der Waals surface area contributed by atoms with Crippen LogP contribution in [0.1, 0.15) is 6.42 Å². The molecule has 0 unspecified atom stereocenters. The minimum atomic E-state index is -0.591. The van der Waals surface area contributed by atoms with Gasteiger partial charge in [-0.05, 0) is 18.2 Å². The minimum absolute atomic E-state index is 0.118. The van der Waals surface area contributed by atoms with E-state index in [1.54, 1.807) is 24.3 Å². The summed E-state index contributed by atoms with van der Waals surface area (Å²) in [5.74, 6) is -1.03. The van der Waals surface area contributed by atoms with E-state index >= 15 is 0 Å². The fourth-order valence-electron chi connectivity index (χ4n) is 1.08. The molecule has 0 saturated carbocycles. The maximum Gasteiger partial charge on any atom is 0.251 e. The van der Waals surface area contributed by atoms with Crippen LogP contribution in [0.15, 0.2) is 36.4 Å². The molecule has 5 heteroatoms. The summed E-state index contributed by atoms with van der Waals surface area (Å²) in [4.78, 5) is 22.1. The van der Waals surface area contributed by atoms with Gasteiger partial charge in [-0.2, -0.15) is 0 Å². The number of nitrogens with two attached hydrogens (primary N) is 1. The van der Waals surface area contributed by atoms with Crippen molar-refractivity contribution in [2.45, 2.75) is 6.42 Å². The third-order valence-electron chi connectivity index (χ3n) is 1.79. The number of amides is 2. The van der Waals surface area contributed by atoms with Gasteiger partial charge in [0.1, 0.15) is 0 Å². The lowest BCUT2D eigenvalue weighted by Gasteiger charge is -2.06. The standard InChI is InChI=1S/C11H11ClN2O2/c1-7(5-10(13)15)11(16)14-9-4-2-3-8(12)6-9/h2-4,6H,1,5H2,(H2,13,15)(H,14,16). The van der Waals surface area contributed by atoms with Gasteiger partial charge in [0.05, 0.1) is 6.42 Å². The zero-order chi connectivity index (χ0) is 12.1. The number of benzene rings is 1. The molecular formula is C11H11ClN2O2. The Morgan fingerprint density at radius 3 is 2.69 bits per heavy atom. The van der Waals surface area contributed by atoms with Crippen LogP contribution in [0.5, 0.6) is 0 Å². The van der Waals surface area contributed by atoms with Crippen LogP contribution in [0.2, 0.25) is 5.02 Å². The van der Waals surface area contributed by atoms with Crippen LogP contribution in [-0.4, -0.2) is 11.8 Å². The Balaban J connectivity index is 2.64. The van der Waals surface area contributed by atoms with Crippen molar-refractivity contribution in [1.82, 2.24) is 0 Å². The highest BCUT2D eigenvalue weighted by molar-refractivity contribution is 6.30. The number of carbonyl (C=O) groups is 2. The molecule has 16 heavy (non-hydrogen) atoms. The Kier molecular flexibility index (Phi) is 4.08. The highest BCUT2D eigenvalue weighted by Gasteiger charge is 2.09. The smallest absolute Gasteiger partial charge is 0.251 e. The molecule has 1 aromatic rings. The summed E-state index contributed by atoms with van der Waals surface area (Å²) in [6.45, 7) is 3.47. The van der Waals surface area contributed by atoms with Crippen molar-refractivity contribution in [2.75, 3.05) is 5.32 Å². The van der Waals surface area contributed by atoms with Gasteiger partial charge in [0.25, 0.3) is 5.91 Å². The lowest BCUT2D eigenvalue weighted by atomic mass is 10.2. The molecule has 0 aliphatic carbocycles. The van der Waals surface area contributed by atoms with Gasteiger partial charge in [0, 0.05) is 16.3 Å². The molecule has 0 bridgehead atoms. The van der Waals surface area contributed by atoms with Crippen LogP contribution in [0.3, 0.4) is 0 Å². The van der Waals surface area contributed by atoms with E-state index in [1.165, 1.54) is 0 Å². The summed E-state index contributed by atoms with van der Waals surface area (Å²) in [5.41, 5.74) is 5.61. The third-order valence-corrected chi connectivity index (χ3v) is 2.03. The summed E-state index contributed by atoms with van der Waals surface area (Å²) < 4.78 is 0. The molecule has 0 fully saturated rings. The van der Waals surface area contributed by atoms with Crippen molar-refractivity contribution >= 4 is 29.1 Å². The Morgan fingerprint density at radius 1 is 1.44 bits per heavy atom. The summed E-state index contributed by atoms with van der Waals surface area (Å²) >= 11 is 5.74. The molecule has 84 valence electrons. The molecule has 0 atom stereocenters. The van der Waals surface area contributed by atoms with Crippen LogP contribution >= 0.6 is 11.6 Å². The Hall–Kier alpha value is -1.81. The highest BCUT2D eigenvalue weighted by Crippen LogP contribution is 2.15. The van der Waals surface area contributed by atoms with E-state index in [1.807, 2.05) is 0 Å². The fourth-order valence-corrected chi connectivity index (χ4v) is 1.27. The highest BCUT2D eigenvalue weighted by atomic mass is 35.5. The first-order chi connectivity index (χ1) is 7.49. The van der Waals surface area contributed by atoms with E-state index < -0.39 is 11.8 Å². The van der Waals surface area contributed by atoms with Crippen LogP contribution < -0.4 is 11.1 Å². The number of anilines is 1. The molecule has 0 aromatic heterocycles. The quantitative estimate of drug-likeness (QED) is 0.784. The molecule has 1 rings (SSSR count). The zero-order valence-electron chi connectivity index (χ0n) is 8.50. The summed E-state index contributed by atoms with van der Waals surface area (Å²) in [6.07, 6.45) is -0.160. The van der Waals surface area contributed by atoms with Gasteiger partial charge in [-0.3, -0.25) is 9.59 Å². The number of primary amides is 1. The SMILES string of the molecule is C=C(CC(N)=O)C(=O)Nc1cccc(Cl)c1. The van der Waals surface area contributed by atoms with Gasteiger partial charge in [0.2, 0.25) is 5.91 Å². The van der Waals surface area contributed by atoms with E-state index in [0.717, 1.165) is 0 Å². The van der Waals surface area contributed by atoms with Crippen molar-refractivity contribution in [3.8, 4) is 0 Å². The summed E-state index contributed by atoms with van der Waals surface area (Å²) in [5, 5.41) is 3.07. The number of carbonyl (C=O) groups excluding carboxylic acids is 2. The first-order valence-corrected chi connectivity index (χ1v) is 4.90. The monoisotopic (exact) mass is 238 g/mol. The van der Waals surface area contributed by atoms with E-state index in [4.69, 9.17) is 17.3 Å². The molecule has 0 aliphatic heterocycles. The summed E-state index contributed by atoms with van der Waals surface area (Å²) in [6, 6.07) is 6.67. The maximum atomic E-state index is 11.5. The average molecular weight is 239 g/mol. The predicted octanol–water partition coefficient (Wildman–Crippen LogP) is 1.71. The number of hydrogen-bond donors (Lipinski definition) is 2. The maximum absolute atomic E-state index is 11.5. The van der Waals surface area contributed by atoms with E-state index in [-0.39, 0.29) is 12.0 Å². The zero-order valence-corrected chi connectivity index (χ0v) is 9.25. The van der Waals surface area contributed by atoms with Gasteiger partial charge in [0.15, 0.2) is 0 Å². The summed E-state index contributed by atoms with van der Waals surface area (Å²) in [7, 11) is 0. The second kappa shape index (κ2) is 5.32. The minimum Gasteiger partial charge on any atom is -0.369 e. The molecule has 0 radical (unpaired) electrons. The average Bonchev–Trinajstić information content (AvgIpc) is 2.16. The molecule has 0 aliphatic rings. The topological polar surface area (TPSA) is 72.2 Å². The van der Waals surface area contributed by atoms with Crippen molar-refractivity contribution in [1.29, 1.82) is 0 Å². The predicted molar refractivity (Wildman–Crippen MR) is 63.0 cm³/mol. The molecular weight excluding hydrogens is 228 g/mol. The van der Waals surface area contributed by atoms with Gasteiger partial charge in [-0.15, -0.1) is 0 Å². The van der Waals surface area contributed by atoms with Crippen LogP contribution in [0, 0.1) is 0 Å². The van der Waals surface area contributed by atoms with Crippen molar-refractivity contribution < 1.29 is 9.59 Å². The normalized spacial score (nSPS) is 9.56. The lowest BCUT2D eigenvalue weighted by Crippen LogP contribution is -2.19. The number of hydrogen-bond acceptors (Lipinski definition) is 2. The molecule has 0 saturated heterocycles. The molecule has 4 nitrogen and oxygen atoms in total. The first kappa shape index (κ1) is 12.3. The molecule has 0 heterocycles. The number of halogens is 1. The second-order valence-corrected chi connectivity index (χ2v) is 3.65. The molecule has 3 N–H and O–H groups in total. The number of rotatable bonds is 4. The van der Waals surface area contributed by atoms with Crippen LogP contribution in [0.25, 0.3) is 0 Å². The largest absolute Gasteiger partial charge is 0.369 e. The molecule has 0 spiro atoms. The van der Waals surface area contributed by atoms with Gasteiger partial charge in [-0.25, -0.2) is 0 Å². The van der Waals surface area contributed by atoms with Gasteiger partial charge < -0.3 is 11.1 Å². The first-order valence-electron chi connectivity index (χ1n) is 4.52. The van der Waals surface area contributed by atoms with E-state index in [2.05, 4.69) is 11.9 Å². The van der Waals surface area contributed by atoms with Crippen molar-refractivity contribution in [2.24, 2.45) is 5.73 Å². The van der Waals surface area contributed by atoms with E-state index in [0.29, 0.717) is 10.7 Å². The molecule has 1 aromatic carbocycles. The third kappa shape index (κ3) is 3.74. The number of nitrogens with one attached hydrogen (secondary N) is 1. The fraction of sp³-hybridized carbons (Fsp3) is 0.0909. The Labute approximate surface area is 98.1 Å². The second-order valence-electron chi connectivity index (χ2n) is 3.21. The van der Waals surface area contributed by atoms with Crippen molar-refractivity contribution in [3.05, 3.63) is 41.4 Å².